The van der Waals surface area contributed by atoms with Crippen LogP contribution >= 0.6 is 27.5 Å². The summed E-state index contributed by atoms with van der Waals surface area (Å²) in [6.45, 7) is 0. The number of hydrogen-bond acceptors (Lipinski definition) is 3. The van der Waals surface area contributed by atoms with Gasteiger partial charge in [0, 0.05) is 15.4 Å². The SMILES string of the molecule is Nc1c(C(=O)Nc2cc(Cl)ccc2Br)n[nH]c1C1CC1. The second-order valence-electron chi connectivity index (χ2n) is 4.75. The van der Waals surface area contributed by atoms with Crippen molar-refractivity contribution in [3.8, 4) is 0 Å². The molecule has 0 unspecified atom stereocenters. The molecule has 1 saturated carbocycles. The number of nitrogens with one attached hydrogen (secondary N) is 2. The lowest BCUT2D eigenvalue weighted by Gasteiger charge is -2.07. The van der Waals surface area contributed by atoms with Gasteiger partial charge in [-0.1, -0.05) is 11.6 Å². The Morgan fingerprint density at radius 1 is 1.50 bits per heavy atom. The van der Waals surface area contributed by atoms with Gasteiger partial charge in [0.15, 0.2) is 5.69 Å². The molecular formula is C13H12BrClN4O. The average molecular weight is 356 g/mol. The molecule has 1 aliphatic rings. The van der Waals surface area contributed by atoms with Crippen LogP contribution < -0.4 is 11.1 Å². The summed E-state index contributed by atoms with van der Waals surface area (Å²) in [4.78, 5) is 12.2. The van der Waals surface area contributed by atoms with Gasteiger partial charge < -0.3 is 11.1 Å². The Hall–Kier alpha value is -1.53. The number of carbonyl (C=O) groups is 1. The lowest BCUT2D eigenvalue weighted by molar-refractivity contribution is 0.102. The number of H-pyrrole nitrogens is 1. The average Bonchev–Trinajstić information content (AvgIpc) is 3.17. The van der Waals surface area contributed by atoms with E-state index >= 15 is 0 Å². The van der Waals surface area contributed by atoms with Gasteiger partial charge in [-0.15, -0.1) is 0 Å². The van der Waals surface area contributed by atoms with Gasteiger partial charge in [0.2, 0.25) is 0 Å². The van der Waals surface area contributed by atoms with Gasteiger partial charge in [-0.3, -0.25) is 9.89 Å². The molecule has 0 spiro atoms. The van der Waals surface area contributed by atoms with E-state index in [2.05, 4.69) is 31.4 Å². The van der Waals surface area contributed by atoms with Crippen LogP contribution in [0, 0.1) is 0 Å². The van der Waals surface area contributed by atoms with Crippen molar-refractivity contribution in [3.05, 3.63) is 39.1 Å². The van der Waals surface area contributed by atoms with Crippen molar-refractivity contribution < 1.29 is 4.79 Å². The molecule has 7 heteroatoms. The number of amides is 1. The van der Waals surface area contributed by atoms with Crippen LogP contribution in [0.1, 0.15) is 34.9 Å². The van der Waals surface area contributed by atoms with E-state index in [1.54, 1.807) is 18.2 Å². The number of anilines is 2. The van der Waals surface area contributed by atoms with Crippen LogP contribution in [0.5, 0.6) is 0 Å². The van der Waals surface area contributed by atoms with Gasteiger partial charge in [0.25, 0.3) is 5.91 Å². The van der Waals surface area contributed by atoms with Crippen molar-refractivity contribution in [2.45, 2.75) is 18.8 Å². The third kappa shape index (κ3) is 2.53. The number of benzene rings is 1. The molecular weight excluding hydrogens is 344 g/mol. The highest BCUT2D eigenvalue weighted by atomic mass is 79.9. The van der Waals surface area contributed by atoms with Crippen LogP contribution in [-0.4, -0.2) is 16.1 Å². The smallest absolute Gasteiger partial charge is 0.278 e. The minimum Gasteiger partial charge on any atom is -0.395 e. The number of nitrogens with zero attached hydrogens (tertiary/aromatic N) is 1. The number of nitrogens with two attached hydrogens (primary N) is 1. The molecule has 1 aromatic heterocycles. The number of carbonyl (C=O) groups excluding carboxylic acids is 1. The van der Waals surface area contributed by atoms with Crippen LogP contribution in [0.4, 0.5) is 11.4 Å². The molecule has 5 nitrogen and oxygen atoms in total. The molecule has 0 aliphatic heterocycles. The zero-order valence-corrected chi connectivity index (χ0v) is 12.8. The number of aromatic amines is 1. The minimum atomic E-state index is -0.353. The molecule has 1 amide bonds. The van der Waals surface area contributed by atoms with Crippen molar-refractivity contribution in [2.75, 3.05) is 11.1 Å². The van der Waals surface area contributed by atoms with E-state index in [1.807, 2.05) is 0 Å². The van der Waals surface area contributed by atoms with Gasteiger partial charge in [-0.25, -0.2) is 0 Å². The molecule has 20 heavy (non-hydrogen) atoms. The first-order chi connectivity index (χ1) is 9.56. The second-order valence-corrected chi connectivity index (χ2v) is 6.04. The normalized spacial score (nSPS) is 14.3. The lowest BCUT2D eigenvalue weighted by Crippen LogP contribution is -2.14. The number of halogens is 2. The van der Waals surface area contributed by atoms with E-state index in [-0.39, 0.29) is 11.6 Å². The molecule has 1 aliphatic carbocycles. The third-order valence-electron chi connectivity index (χ3n) is 3.21. The highest BCUT2D eigenvalue weighted by Gasteiger charge is 2.30. The van der Waals surface area contributed by atoms with Crippen LogP contribution in [0.25, 0.3) is 0 Å². The number of nitrogen functional groups attached to an aromatic ring is 1. The number of hydrogen-bond donors (Lipinski definition) is 3. The van der Waals surface area contributed by atoms with E-state index in [9.17, 15) is 4.79 Å². The molecule has 0 atom stereocenters. The van der Waals surface area contributed by atoms with Gasteiger partial charge >= 0.3 is 0 Å². The molecule has 1 aromatic carbocycles. The molecule has 0 radical (unpaired) electrons. The maximum atomic E-state index is 12.2. The van der Waals surface area contributed by atoms with Crippen molar-refractivity contribution in [1.29, 1.82) is 0 Å². The largest absolute Gasteiger partial charge is 0.395 e. The summed E-state index contributed by atoms with van der Waals surface area (Å²) in [5, 5.41) is 10.2. The molecule has 104 valence electrons. The quantitative estimate of drug-likeness (QED) is 0.787. The summed E-state index contributed by atoms with van der Waals surface area (Å²) in [5.74, 6) is 0.0653. The lowest BCUT2D eigenvalue weighted by atomic mass is 10.2. The summed E-state index contributed by atoms with van der Waals surface area (Å²) in [6, 6.07) is 5.16. The maximum absolute atomic E-state index is 12.2. The van der Waals surface area contributed by atoms with E-state index in [4.69, 9.17) is 17.3 Å². The van der Waals surface area contributed by atoms with E-state index in [0.29, 0.717) is 22.3 Å². The summed E-state index contributed by atoms with van der Waals surface area (Å²) >= 11 is 9.27. The van der Waals surface area contributed by atoms with Gasteiger partial charge in [0.1, 0.15) is 0 Å². The predicted octanol–water partition coefficient (Wildman–Crippen LogP) is 3.54. The van der Waals surface area contributed by atoms with Gasteiger partial charge in [-0.2, -0.15) is 5.10 Å². The first kappa shape index (κ1) is 13.5. The summed E-state index contributed by atoms with van der Waals surface area (Å²) < 4.78 is 0.742. The topological polar surface area (TPSA) is 83.8 Å². The predicted molar refractivity (Wildman–Crippen MR) is 82.1 cm³/mol. The van der Waals surface area contributed by atoms with Crippen LogP contribution in [0.2, 0.25) is 5.02 Å². The zero-order valence-electron chi connectivity index (χ0n) is 10.4. The highest BCUT2D eigenvalue weighted by Crippen LogP contribution is 2.42. The standard InChI is InChI=1S/C13H12BrClN4O/c14-8-4-3-7(15)5-9(8)17-13(20)12-10(16)11(18-19-12)6-1-2-6/h3-6H,1-2,16H2,(H,17,20)(H,18,19). The summed E-state index contributed by atoms with van der Waals surface area (Å²) in [6.07, 6.45) is 2.18. The van der Waals surface area contributed by atoms with Crippen molar-refractivity contribution in [3.63, 3.8) is 0 Å². The van der Waals surface area contributed by atoms with E-state index in [1.165, 1.54) is 0 Å². The number of aromatic nitrogens is 2. The second kappa shape index (κ2) is 5.10. The highest BCUT2D eigenvalue weighted by molar-refractivity contribution is 9.10. The monoisotopic (exact) mass is 354 g/mol. The fourth-order valence-corrected chi connectivity index (χ4v) is 2.51. The molecule has 1 fully saturated rings. The molecule has 0 bridgehead atoms. The first-order valence-corrected chi connectivity index (χ1v) is 7.33. The van der Waals surface area contributed by atoms with Crippen molar-refractivity contribution >= 4 is 44.8 Å². The first-order valence-electron chi connectivity index (χ1n) is 6.16. The Balaban J connectivity index is 1.84. The summed E-state index contributed by atoms with van der Waals surface area (Å²) in [5.41, 5.74) is 8.07. The van der Waals surface area contributed by atoms with Gasteiger partial charge in [0.05, 0.1) is 17.1 Å². The fourth-order valence-electron chi connectivity index (χ4n) is 2.00. The molecule has 2 aromatic rings. The van der Waals surface area contributed by atoms with Crippen LogP contribution in [0.15, 0.2) is 22.7 Å². The Bertz CT molecular complexity index is 681. The number of rotatable bonds is 3. The molecule has 0 saturated heterocycles. The van der Waals surface area contributed by atoms with Gasteiger partial charge in [-0.05, 0) is 47.0 Å². The third-order valence-corrected chi connectivity index (χ3v) is 4.14. The Morgan fingerprint density at radius 2 is 2.25 bits per heavy atom. The fraction of sp³-hybridized carbons (Fsp3) is 0.231. The molecule has 3 rings (SSSR count). The minimum absolute atomic E-state index is 0.221. The molecule has 1 heterocycles. The van der Waals surface area contributed by atoms with Crippen molar-refractivity contribution in [1.82, 2.24) is 10.2 Å². The molecule has 4 N–H and O–H groups in total. The van der Waals surface area contributed by atoms with Crippen LogP contribution in [-0.2, 0) is 0 Å². The van der Waals surface area contributed by atoms with E-state index in [0.717, 1.165) is 23.0 Å². The Kier molecular flexibility index (Phi) is 3.43. The van der Waals surface area contributed by atoms with Crippen molar-refractivity contribution in [2.24, 2.45) is 0 Å². The zero-order chi connectivity index (χ0) is 14.3. The Labute approximate surface area is 129 Å². The maximum Gasteiger partial charge on any atom is 0.278 e. The Morgan fingerprint density at radius 3 is 2.95 bits per heavy atom. The van der Waals surface area contributed by atoms with E-state index < -0.39 is 0 Å². The summed E-state index contributed by atoms with van der Waals surface area (Å²) in [7, 11) is 0. The van der Waals surface area contributed by atoms with Crippen LogP contribution in [0.3, 0.4) is 0 Å².